The van der Waals surface area contributed by atoms with Gasteiger partial charge in [-0.1, -0.05) is 29.8 Å². The van der Waals surface area contributed by atoms with Gasteiger partial charge in [-0.25, -0.2) is 4.98 Å². The third kappa shape index (κ3) is 1.70. The van der Waals surface area contributed by atoms with Gasteiger partial charge < -0.3 is 9.73 Å². The summed E-state index contributed by atoms with van der Waals surface area (Å²) in [5, 5.41) is 4.09. The molecule has 4 heteroatoms. The van der Waals surface area contributed by atoms with Gasteiger partial charge in [0.2, 0.25) is 5.89 Å². The predicted octanol–water partition coefficient (Wildman–Crippen LogP) is 4.35. The molecule has 2 aromatic carbocycles. The van der Waals surface area contributed by atoms with E-state index < -0.39 is 0 Å². The minimum atomic E-state index is 0.164. The summed E-state index contributed by atoms with van der Waals surface area (Å²) in [6, 6.07) is 12.0. The minimum Gasteiger partial charge on any atom is -0.440 e. The Bertz CT molecular complexity index is 809. The number of anilines is 1. The molecule has 0 amide bonds. The Hall–Kier alpha value is -2.00. The molecule has 0 saturated carbocycles. The molecule has 0 spiro atoms. The molecule has 100 valence electrons. The standard InChI is InChI=1S/C16H13ClN2O/c1-9-6-10(17)7-14-15(9)20-16(19-14)12-8-18-13-5-3-2-4-11(12)13/h2-7,12,18H,8H2,1H3. The zero-order valence-electron chi connectivity index (χ0n) is 11.0. The van der Waals surface area contributed by atoms with E-state index in [0.29, 0.717) is 5.02 Å². The zero-order chi connectivity index (χ0) is 13.7. The molecule has 1 atom stereocenters. The number of nitrogens with zero attached hydrogens (tertiary/aromatic N) is 1. The van der Waals surface area contributed by atoms with E-state index in [4.69, 9.17) is 16.0 Å². The van der Waals surface area contributed by atoms with Crippen molar-refractivity contribution < 1.29 is 4.42 Å². The molecule has 0 bridgehead atoms. The molecule has 0 fully saturated rings. The van der Waals surface area contributed by atoms with Gasteiger partial charge in [0.25, 0.3) is 0 Å². The molecule has 1 aliphatic rings. The maximum atomic E-state index is 6.08. The summed E-state index contributed by atoms with van der Waals surface area (Å²) in [4.78, 5) is 4.62. The van der Waals surface area contributed by atoms with Crippen LogP contribution in [0.5, 0.6) is 0 Å². The number of para-hydroxylation sites is 1. The summed E-state index contributed by atoms with van der Waals surface area (Å²) < 4.78 is 5.98. The number of fused-ring (bicyclic) bond motifs is 2. The second-order valence-corrected chi connectivity index (χ2v) is 5.58. The van der Waals surface area contributed by atoms with Crippen LogP contribution in [0.4, 0.5) is 5.69 Å². The van der Waals surface area contributed by atoms with E-state index >= 15 is 0 Å². The van der Waals surface area contributed by atoms with Gasteiger partial charge in [0.1, 0.15) is 5.52 Å². The van der Waals surface area contributed by atoms with Gasteiger partial charge in [-0.2, -0.15) is 0 Å². The van der Waals surface area contributed by atoms with Crippen LogP contribution in [0.1, 0.15) is 22.9 Å². The Kier molecular flexibility index (Phi) is 2.51. The smallest absolute Gasteiger partial charge is 0.204 e. The lowest BCUT2D eigenvalue weighted by Gasteiger charge is -2.04. The van der Waals surface area contributed by atoms with Crippen molar-refractivity contribution in [2.75, 3.05) is 11.9 Å². The fraction of sp³-hybridized carbons (Fsp3) is 0.188. The summed E-state index contributed by atoms with van der Waals surface area (Å²) in [6.45, 7) is 2.81. The number of hydrogen-bond donors (Lipinski definition) is 1. The van der Waals surface area contributed by atoms with Gasteiger partial charge in [0.05, 0.1) is 5.92 Å². The van der Waals surface area contributed by atoms with Gasteiger partial charge in [0, 0.05) is 17.3 Å². The van der Waals surface area contributed by atoms with Crippen LogP contribution in [0.2, 0.25) is 5.02 Å². The SMILES string of the molecule is Cc1cc(Cl)cc2nc(C3CNc4ccccc43)oc12. The molecule has 1 N–H and O–H groups in total. The highest BCUT2D eigenvalue weighted by atomic mass is 35.5. The van der Waals surface area contributed by atoms with Gasteiger partial charge in [-0.05, 0) is 36.2 Å². The van der Waals surface area contributed by atoms with Crippen LogP contribution in [0.25, 0.3) is 11.1 Å². The normalized spacial score (nSPS) is 17.2. The van der Waals surface area contributed by atoms with E-state index in [2.05, 4.69) is 22.4 Å². The number of halogens is 1. The number of benzene rings is 2. The van der Waals surface area contributed by atoms with Crippen LogP contribution >= 0.6 is 11.6 Å². The number of nitrogens with one attached hydrogen (secondary N) is 1. The second-order valence-electron chi connectivity index (χ2n) is 5.14. The molecule has 4 rings (SSSR count). The molecule has 20 heavy (non-hydrogen) atoms. The molecule has 0 radical (unpaired) electrons. The highest BCUT2D eigenvalue weighted by molar-refractivity contribution is 6.31. The first-order chi connectivity index (χ1) is 9.72. The minimum absolute atomic E-state index is 0.164. The van der Waals surface area contributed by atoms with Crippen LogP contribution in [0.15, 0.2) is 40.8 Å². The topological polar surface area (TPSA) is 38.1 Å². The van der Waals surface area contributed by atoms with Crippen molar-refractivity contribution in [3.8, 4) is 0 Å². The van der Waals surface area contributed by atoms with Gasteiger partial charge in [-0.15, -0.1) is 0 Å². The molecule has 1 unspecified atom stereocenters. The van der Waals surface area contributed by atoms with Crippen molar-refractivity contribution >= 4 is 28.4 Å². The summed E-state index contributed by atoms with van der Waals surface area (Å²) >= 11 is 6.08. The Morgan fingerprint density at radius 2 is 2.15 bits per heavy atom. The van der Waals surface area contributed by atoms with Gasteiger partial charge >= 0.3 is 0 Å². The van der Waals surface area contributed by atoms with Crippen molar-refractivity contribution in [2.45, 2.75) is 12.8 Å². The average molecular weight is 285 g/mol. The Balaban J connectivity index is 1.86. The van der Waals surface area contributed by atoms with E-state index in [9.17, 15) is 0 Å². The highest BCUT2D eigenvalue weighted by Crippen LogP contribution is 2.37. The van der Waals surface area contributed by atoms with Crippen molar-refractivity contribution in [1.29, 1.82) is 0 Å². The Morgan fingerprint density at radius 3 is 3.05 bits per heavy atom. The maximum absolute atomic E-state index is 6.08. The fourth-order valence-corrected chi connectivity index (χ4v) is 3.09. The maximum Gasteiger partial charge on any atom is 0.204 e. The van der Waals surface area contributed by atoms with Crippen molar-refractivity contribution in [1.82, 2.24) is 4.98 Å². The number of hydrogen-bond acceptors (Lipinski definition) is 3. The van der Waals surface area contributed by atoms with Crippen molar-refractivity contribution in [3.63, 3.8) is 0 Å². The quantitative estimate of drug-likeness (QED) is 0.722. The number of oxazole rings is 1. The van der Waals surface area contributed by atoms with E-state index in [-0.39, 0.29) is 5.92 Å². The molecular weight excluding hydrogens is 272 g/mol. The van der Waals surface area contributed by atoms with E-state index in [1.807, 2.05) is 31.2 Å². The number of aromatic nitrogens is 1. The molecule has 0 saturated heterocycles. The molecule has 2 heterocycles. The molecule has 0 aliphatic carbocycles. The van der Waals surface area contributed by atoms with Crippen LogP contribution in [-0.2, 0) is 0 Å². The third-order valence-corrected chi connectivity index (χ3v) is 4.01. The van der Waals surface area contributed by atoms with Crippen LogP contribution in [-0.4, -0.2) is 11.5 Å². The summed E-state index contributed by atoms with van der Waals surface area (Å²) in [7, 11) is 0. The summed E-state index contributed by atoms with van der Waals surface area (Å²) in [5.41, 5.74) is 5.07. The average Bonchev–Trinajstić information content (AvgIpc) is 3.01. The molecule has 1 aliphatic heterocycles. The van der Waals surface area contributed by atoms with Crippen molar-refractivity contribution in [2.24, 2.45) is 0 Å². The third-order valence-electron chi connectivity index (χ3n) is 3.79. The highest BCUT2D eigenvalue weighted by Gasteiger charge is 2.27. The lowest BCUT2D eigenvalue weighted by atomic mass is 10.0. The lowest BCUT2D eigenvalue weighted by Crippen LogP contribution is -2.03. The Labute approximate surface area is 121 Å². The number of aryl methyl sites for hydroxylation is 1. The lowest BCUT2D eigenvalue weighted by molar-refractivity contribution is 0.510. The first-order valence-corrected chi connectivity index (χ1v) is 6.99. The Morgan fingerprint density at radius 1 is 1.30 bits per heavy atom. The van der Waals surface area contributed by atoms with E-state index in [0.717, 1.165) is 34.8 Å². The van der Waals surface area contributed by atoms with E-state index in [1.54, 1.807) is 0 Å². The van der Waals surface area contributed by atoms with E-state index in [1.165, 1.54) is 5.56 Å². The van der Waals surface area contributed by atoms with Crippen molar-refractivity contribution in [3.05, 3.63) is 58.4 Å². The van der Waals surface area contributed by atoms with Gasteiger partial charge in [0.15, 0.2) is 5.58 Å². The predicted molar refractivity (Wildman–Crippen MR) is 80.5 cm³/mol. The monoisotopic (exact) mass is 284 g/mol. The van der Waals surface area contributed by atoms with Crippen LogP contribution in [0.3, 0.4) is 0 Å². The first-order valence-electron chi connectivity index (χ1n) is 6.62. The molecular formula is C16H13ClN2O. The summed E-state index contributed by atoms with van der Waals surface area (Å²) in [6.07, 6.45) is 0. The van der Waals surface area contributed by atoms with Gasteiger partial charge in [-0.3, -0.25) is 0 Å². The zero-order valence-corrected chi connectivity index (χ0v) is 11.7. The first kappa shape index (κ1) is 11.8. The molecule has 3 aromatic rings. The largest absolute Gasteiger partial charge is 0.440 e. The molecule has 3 nitrogen and oxygen atoms in total. The van der Waals surface area contributed by atoms with Crippen LogP contribution in [0, 0.1) is 6.92 Å². The summed E-state index contributed by atoms with van der Waals surface area (Å²) in [5.74, 6) is 0.916. The molecule has 1 aromatic heterocycles. The van der Waals surface area contributed by atoms with Crippen LogP contribution < -0.4 is 5.32 Å². The number of rotatable bonds is 1. The second kappa shape index (κ2) is 4.25. The fourth-order valence-electron chi connectivity index (χ4n) is 2.83.